The fourth-order valence-corrected chi connectivity index (χ4v) is 2.29. The Labute approximate surface area is 121 Å². The molecule has 0 spiro atoms. The number of aryl methyl sites for hydroxylation is 2. The molecule has 3 rings (SSSR count). The van der Waals surface area contributed by atoms with Gasteiger partial charge in [-0.05, 0) is 25.5 Å². The Morgan fingerprint density at radius 3 is 2.65 bits per heavy atom. The maximum atomic E-state index is 5.99. The van der Waals surface area contributed by atoms with Crippen LogP contribution in [0.2, 0.25) is 0 Å². The second-order valence-corrected chi connectivity index (χ2v) is 5.02. The lowest BCUT2D eigenvalue weighted by Gasteiger charge is -2.06. The van der Waals surface area contributed by atoms with Gasteiger partial charge in [0.05, 0.1) is 30.0 Å². The van der Waals surface area contributed by atoms with Gasteiger partial charge in [0.15, 0.2) is 5.65 Å². The highest BCUT2D eigenvalue weighted by atomic mass is 35.5. The van der Waals surface area contributed by atoms with Gasteiger partial charge in [0, 0.05) is 12.4 Å². The average molecular weight is 288 g/mol. The van der Waals surface area contributed by atoms with Crippen LogP contribution in [0.5, 0.6) is 0 Å². The molecule has 0 aliphatic heterocycles. The Morgan fingerprint density at radius 2 is 1.95 bits per heavy atom. The predicted octanol–water partition coefficient (Wildman–Crippen LogP) is 2.63. The number of alkyl halides is 1. The van der Waals surface area contributed by atoms with Crippen molar-refractivity contribution in [1.29, 1.82) is 0 Å². The summed E-state index contributed by atoms with van der Waals surface area (Å²) in [5, 5.41) is 0. The molecule has 20 heavy (non-hydrogen) atoms. The number of nitrogens with zero attached hydrogens (tertiary/aromatic N) is 5. The Hall–Kier alpha value is -2.01. The van der Waals surface area contributed by atoms with Crippen LogP contribution in [0, 0.1) is 13.8 Å². The van der Waals surface area contributed by atoms with E-state index in [1.807, 2.05) is 30.7 Å². The normalized spacial score (nSPS) is 11.2. The molecule has 3 aromatic rings. The van der Waals surface area contributed by atoms with E-state index in [9.17, 15) is 0 Å². The van der Waals surface area contributed by atoms with E-state index in [1.54, 1.807) is 12.4 Å². The molecule has 0 atom stereocenters. The van der Waals surface area contributed by atoms with E-state index in [0.717, 1.165) is 33.9 Å². The zero-order valence-corrected chi connectivity index (χ0v) is 12.1. The highest BCUT2D eigenvalue weighted by Gasteiger charge is 2.12. The third-order valence-electron chi connectivity index (χ3n) is 3.07. The van der Waals surface area contributed by atoms with E-state index in [-0.39, 0.29) is 0 Å². The second kappa shape index (κ2) is 5.17. The number of halogens is 1. The largest absolute Gasteiger partial charge is 0.306 e. The maximum Gasteiger partial charge on any atom is 0.160 e. The summed E-state index contributed by atoms with van der Waals surface area (Å²) in [6.07, 6.45) is 5.36. The monoisotopic (exact) mass is 287 g/mol. The van der Waals surface area contributed by atoms with Crippen molar-refractivity contribution >= 4 is 22.8 Å². The molecule has 5 nitrogen and oxygen atoms in total. The van der Waals surface area contributed by atoms with Crippen LogP contribution in [-0.2, 0) is 12.4 Å². The first-order valence-corrected chi connectivity index (χ1v) is 6.86. The van der Waals surface area contributed by atoms with Gasteiger partial charge in [-0.15, -0.1) is 11.6 Å². The molecule has 0 bridgehead atoms. The molecule has 3 heterocycles. The molecule has 0 unspecified atom stereocenters. The maximum absolute atomic E-state index is 5.99. The molecule has 0 aromatic carbocycles. The number of pyridine rings is 1. The van der Waals surface area contributed by atoms with Crippen LogP contribution in [0.1, 0.15) is 22.8 Å². The van der Waals surface area contributed by atoms with E-state index >= 15 is 0 Å². The van der Waals surface area contributed by atoms with Gasteiger partial charge in [0.2, 0.25) is 0 Å². The smallest absolute Gasteiger partial charge is 0.160 e. The topological polar surface area (TPSA) is 56.5 Å². The molecule has 0 fully saturated rings. The molecule has 0 saturated heterocycles. The zero-order valence-electron chi connectivity index (χ0n) is 11.3. The fraction of sp³-hybridized carbons (Fsp3) is 0.286. The number of aromatic nitrogens is 5. The van der Waals surface area contributed by atoms with Crippen LogP contribution >= 0.6 is 11.6 Å². The molecule has 0 saturated carbocycles. The molecule has 6 heteroatoms. The minimum Gasteiger partial charge on any atom is -0.306 e. The fourth-order valence-electron chi connectivity index (χ4n) is 2.09. The number of hydrogen-bond donors (Lipinski definition) is 0. The summed E-state index contributed by atoms with van der Waals surface area (Å²) in [4.78, 5) is 17.6. The first-order valence-electron chi connectivity index (χ1n) is 6.32. The molecule has 0 N–H and O–H groups in total. The summed E-state index contributed by atoms with van der Waals surface area (Å²) >= 11 is 5.99. The van der Waals surface area contributed by atoms with Crippen LogP contribution in [0.15, 0.2) is 24.7 Å². The van der Waals surface area contributed by atoms with E-state index in [2.05, 4.69) is 19.9 Å². The Morgan fingerprint density at radius 1 is 1.10 bits per heavy atom. The van der Waals surface area contributed by atoms with Crippen molar-refractivity contribution in [3.8, 4) is 0 Å². The summed E-state index contributed by atoms with van der Waals surface area (Å²) < 4.78 is 1.99. The Balaban J connectivity index is 2.07. The van der Waals surface area contributed by atoms with Crippen molar-refractivity contribution in [3.05, 3.63) is 47.4 Å². The van der Waals surface area contributed by atoms with E-state index in [0.29, 0.717) is 12.4 Å². The molecule has 3 aromatic heterocycles. The number of imidazole rings is 1. The number of fused-ring (bicyclic) bond motifs is 1. The average Bonchev–Trinajstić information content (AvgIpc) is 2.78. The molecular formula is C14H14ClN5. The summed E-state index contributed by atoms with van der Waals surface area (Å²) in [6.45, 7) is 4.48. The SMILES string of the molecule is Cc1cnc2c(c1)nc(CCl)n2Cc1cnc(C)cn1. The molecule has 0 radical (unpaired) electrons. The predicted molar refractivity (Wildman–Crippen MR) is 77.7 cm³/mol. The van der Waals surface area contributed by atoms with E-state index < -0.39 is 0 Å². The van der Waals surface area contributed by atoms with Gasteiger partial charge in [-0.25, -0.2) is 9.97 Å². The van der Waals surface area contributed by atoms with Crippen molar-refractivity contribution in [3.63, 3.8) is 0 Å². The molecular weight excluding hydrogens is 274 g/mol. The van der Waals surface area contributed by atoms with Crippen molar-refractivity contribution in [1.82, 2.24) is 24.5 Å². The standard InChI is InChI=1S/C14H14ClN5/c1-9-3-12-14(18-5-9)20(13(4-15)19-12)8-11-7-16-10(2)6-17-11/h3,5-7H,4,8H2,1-2H3. The quantitative estimate of drug-likeness (QED) is 0.695. The minimum absolute atomic E-state index is 0.342. The first-order chi connectivity index (χ1) is 9.67. The number of hydrogen-bond acceptors (Lipinski definition) is 4. The summed E-state index contributed by atoms with van der Waals surface area (Å²) in [5.41, 5.74) is 4.53. The molecule has 102 valence electrons. The van der Waals surface area contributed by atoms with Gasteiger partial charge >= 0.3 is 0 Å². The lowest BCUT2D eigenvalue weighted by molar-refractivity contribution is 0.744. The van der Waals surface area contributed by atoms with Gasteiger partial charge in [-0.2, -0.15) is 0 Å². The molecule has 0 aliphatic rings. The first kappa shape index (κ1) is 13.0. The lowest BCUT2D eigenvalue weighted by atomic mass is 10.3. The Kier molecular flexibility index (Phi) is 3.36. The zero-order chi connectivity index (χ0) is 14.1. The van der Waals surface area contributed by atoms with Crippen LogP contribution in [-0.4, -0.2) is 24.5 Å². The van der Waals surface area contributed by atoms with E-state index in [4.69, 9.17) is 11.6 Å². The van der Waals surface area contributed by atoms with Crippen molar-refractivity contribution in [2.24, 2.45) is 0 Å². The van der Waals surface area contributed by atoms with Crippen molar-refractivity contribution in [2.45, 2.75) is 26.3 Å². The highest BCUT2D eigenvalue weighted by molar-refractivity contribution is 6.16. The van der Waals surface area contributed by atoms with Gasteiger partial charge < -0.3 is 4.57 Å². The van der Waals surface area contributed by atoms with E-state index in [1.165, 1.54) is 0 Å². The van der Waals surface area contributed by atoms with Gasteiger partial charge in [-0.1, -0.05) is 0 Å². The molecule has 0 aliphatic carbocycles. The summed E-state index contributed by atoms with van der Waals surface area (Å²) in [5.74, 6) is 1.14. The third kappa shape index (κ3) is 2.36. The van der Waals surface area contributed by atoms with Crippen molar-refractivity contribution in [2.75, 3.05) is 0 Å². The van der Waals surface area contributed by atoms with Crippen LogP contribution in [0.4, 0.5) is 0 Å². The summed E-state index contributed by atoms with van der Waals surface area (Å²) in [7, 11) is 0. The second-order valence-electron chi connectivity index (χ2n) is 4.75. The Bertz CT molecular complexity index is 748. The van der Waals surface area contributed by atoms with Gasteiger partial charge in [-0.3, -0.25) is 9.97 Å². The summed E-state index contributed by atoms with van der Waals surface area (Å²) in [6, 6.07) is 2.01. The number of rotatable bonds is 3. The minimum atomic E-state index is 0.342. The van der Waals surface area contributed by atoms with Crippen LogP contribution in [0.3, 0.4) is 0 Å². The lowest BCUT2D eigenvalue weighted by Crippen LogP contribution is -2.06. The van der Waals surface area contributed by atoms with Gasteiger partial charge in [0.25, 0.3) is 0 Å². The highest BCUT2D eigenvalue weighted by Crippen LogP contribution is 2.17. The van der Waals surface area contributed by atoms with Crippen LogP contribution < -0.4 is 0 Å². The third-order valence-corrected chi connectivity index (χ3v) is 3.31. The molecule has 0 amide bonds. The van der Waals surface area contributed by atoms with Crippen molar-refractivity contribution < 1.29 is 0 Å². The van der Waals surface area contributed by atoms with Gasteiger partial charge in [0.1, 0.15) is 11.3 Å². The van der Waals surface area contributed by atoms with Crippen LogP contribution in [0.25, 0.3) is 11.2 Å².